The van der Waals surface area contributed by atoms with Crippen LogP contribution in [0.25, 0.3) is 0 Å². The van der Waals surface area contributed by atoms with E-state index in [1.165, 1.54) is 18.2 Å². The molecular formula is C15H12Cl2N2O4. The van der Waals surface area contributed by atoms with Crippen LogP contribution in [0.1, 0.15) is 5.56 Å². The maximum Gasteiger partial charge on any atom is 0.269 e. The SMILES string of the molecule is O=C(COc1ccc(Cl)cc1Cl)NCc1ccc([N+](=O)[O-])cc1. The Kier molecular flexibility index (Phi) is 5.78. The van der Waals surface area contributed by atoms with Crippen LogP contribution in [0.2, 0.25) is 10.0 Å². The topological polar surface area (TPSA) is 81.5 Å². The number of hydrogen-bond donors (Lipinski definition) is 1. The number of amides is 1. The average Bonchev–Trinajstić information content (AvgIpc) is 2.52. The van der Waals surface area contributed by atoms with Crippen LogP contribution >= 0.6 is 23.2 Å². The molecule has 2 rings (SSSR count). The van der Waals surface area contributed by atoms with Crippen molar-refractivity contribution in [2.45, 2.75) is 6.54 Å². The van der Waals surface area contributed by atoms with E-state index in [9.17, 15) is 14.9 Å². The lowest BCUT2D eigenvalue weighted by atomic mass is 10.2. The van der Waals surface area contributed by atoms with E-state index < -0.39 is 4.92 Å². The summed E-state index contributed by atoms with van der Waals surface area (Å²) in [6, 6.07) is 10.6. The fourth-order valence-electron chi connectivity index (χ4n) is 1.72. The molecule has 0 aliphatic carbocycles. The number of nitro groups is 1. The number of carbonyl (C=O) groups is 1. The second kappa shape index (κ2) is 7.80. The number of non-ortho nitro benzene ring substituents is 1. The van der Waals surface area contributed by atoms with Crippen molar-refractivity contribution in [3.05, 3.63) is 68.2 Å². The summed E-state index contributed by atoms with van der Waals surface area (Å²) >= 11 is 11.7. The normalized spacial score (nSPS) is 10.2. The highest BCUT2D eigenvalue weighted by Crippen LogP contribution is 2.27. The Morgan fingerprint density at radius 1 is 1.17 bits per heavy atom. The molecule has 0 saturated heterocycles. The van der Waals surface area contributed by atoms with E-state index in [1.54, 1.807) is 24.3 Å². The van der Waals surface area contributed by atoms with Crippen LogP contribution in [-0.2, 0) is 11.3 Å². The van der Waals surface area contributed by atoms with Gasteiger partial charge >= 0.3 is 0 Å². The van der Waals surface area contributed by atoms with Gasteiger partial charge < -0.3 is 10.1 Å². The zero-order valence-electron chi connectivity index (χ0n) is 11.8. The van der Waals surface area contributed by atoms with Gasteiger partial charge in [0.15, 0.2) is 6.61 Å². The number of ether oxygens (including phenoxy) is 1. The van der Waals surface area contributed by atoms with Crippen molar-refractivity contribution in [2.75, 3.05) is 6.61 Å². The van der Waals surface area contributed by atoms with Gasteiger partial charge in [0.05, 0.1) is 9.95 Å². The smallest absolute Gasteiger partial charge is 0.269 e. The minimum Gasteiger partial charge on any atom is -0.482 e. The molecule has 0 atom stereocenters. The molecular weight excluding hydrogens is 343 g/mol. The monoisotopic (exact) mass is 354 g/mol. The molecule has 2 aromatic carbocycles. The zero-order valence-corrected chi connectivity index (χ0v) is 13.3. The Hall–Kier alpha value is -2.31. The summed E-state index contributed by atoms with van der Waals surface area (Å²) in [4.78, 5) is 21.8. The molecule has 1 N–H and O–H groups in total. The highest BCUT2D eigenvalue weighted by Gasteiger charge is 2.08. The van der Waals surface area contributed by atoms with E-state index in [0.29, 0.717) is 15.8 Å². The van der Waals surface area contributed by atoms with Gasteiger partial charge in [0.2, 0.25) is 0 Å². The first kappa shape index (κ1) is 17.1. The number of hydrogen-bond acceptors (Lipinski definition) is 4. The molecule has 120 valence electrons. The number of nitro benzene ring substituents is 1. The molecule has 0 aliphatic heterocycles. The predicted octanol–water partition coefficient (Wildman–Crippen LogP) is 3.60. The minimum absolute atomic E-state index is 0.000732. The molecule has 0 spiro atoms. The van der Waals surface area contributed by atoms with Gasteiger partial charge in [-0.3, -0.25) is 14.9 Å². The van der Waals surface area contributed by atoms with Crippen molar-refractivity contribution < 1.29 is 14.5 Å². The van der Waals surface area contributed by atoms with Crippen molar-refractivity contribution in [1.82, 2.24) is 5.32 Å². The summed E-state index contributed by atoms with van der Waals surface area (Å²) < 4.78 is 5.30. The summed E-state index contributed by atoms with van der Waals surface area (Å²) in [6.07, 6.45) is 0. The van der Waals surface area contributed by atoms with E-state index in [4.69, 9.17) is 27.9 Å². The van der Waals surface area contributed by atoms with E-state index >= 15 is 0 Å². The number of benzene rings is 2. The average molecular weight is 355 g/mol. The maximum absolute atomic E-state index is 11.7. The molecule has 2 aromatic rings. The molecule has 0 radical (unpaired) electrons. The molecule has 0 heterocycles. The lowest BCUT2D eigenvalue weighted by Gasteiger charge is -2.09. The summed E-state index contributed by atoms with van der Waals surface area (Å²) in [6.45, 7) is 0.0445. The van der Waals surface area contributed by atoms with Crippen LogP contribution in [0.3, 0.4) is 0 Å². The van der Waals surface area contributed by atoms with Crippen molar-refractivity contribution in [2.24, 2.45) is 0 Å². The molecule has 8 heteroatoms. The molecule has 0 aromatic heterocycles. The zero-order chi connectivity index (χ0) is 16.8. The van der Waals surface area contributed by atoms with Gasteiger partial charge in [0.1, 0.15) is 5.75 Å². The third-order valence-corrected chi connectivity index (χ3v) is 3.42. The Morgan fingerprint density at radius 3 is 2.48 bits per heavy atom. The second-order valence-corrected chi connectivity index (χ2v) is 5.41. The third-order valence-electron chi connectivity index (χ3n) is 2.89. The van der Waals surface area contributed by atoms with Gasteiger partial charge in [-0.2, -0.15) is 0 Å². The summed E-state index contributed by atoms with van der Waals surface area (Å²) in [5.41, 5.74) is 0.745. The number of rotatable bonds is 6. The molecule has 0 bridgehead atoms. The first-order valence-electron chi connectivity index (χ1n) is 6.53. The summed E-state index contributed by atoms with van der Waals surface area (Å²) in [5.74, 6) is 0.0240. The Balaban J connectivity index is 1.82. The first-order chi connectivity index (χ1) is 11.0. The largest absolute Gasteiger partial charge is 0.482 e. The van der Waals surface area contributed by atoms with Gasteiger partial charge in [-0.1, -0.05) is 35.3 Å². The first-order valence-corrected chi connectivity index (χ1v) is 7.29. The van der Waals surface area contributed by atoms with Gasteiger partial charge in [0.25, 0.3) is 11.6 Å². The van der Waals surface area contributed by atoms with Gasteiger partial charge in [-0.15, -0.1) is 0 Å². The summed E-state index contributed by atoms with van der Waals surface area (Å²) in [7, 11) is 0. The Morgan fingerprint density at radius 2 is 1.87 bits per heavy atom. The molecule has 0 saturated carbocycles. The van der Waals surface area contributed by atoms with Crippen molar-refractivity contribution in [3.63, 3.8) is 0 Å². The van der Waals surface area contributed by atoms with Crippen molar-refractivity contribution in [1.29, 1.82) is 0 Å². The summed E-state index contributed by atoms with van der Waals surface area (Å²) in [5, 5.41) is 14.0. The minimum atomic E-state index is -0.480. The number of nitrogens with one attached hydrogen (secondary N) is 1. The highest BCUT2D eigenvalue weighted by molar-refractivity contribution is 6.35. The van der Waals surface area contributed by atoms with Crippen molar-refractivity contribution >= 4 is 34.8 Å². The van der Waals surface area contributed by atoms with E-state index in [2.05, 4.69) is 5.32 Å². The Bertz CT molecular complexity index is 720. The quantitative estimate of drug-likeness (QED) is 0.634. The third kappa shape index (κ3) is 5.12. The van der Waals surface area contributed by atoms with Crippen LogP contribution in [0.15, 0.2) is 42.5 Å². The van der Waals surface area contributed by atoms with E-state index in [0.717, 1.165) is 5.56 Å². The van der Waals surface area contributed by atoms with E-state index in [1.807, 2.05) is 0 Å². The fourth-order valence-corrected chi connectivity index (χ4v) is 2.19. The van der Waals surface area contributed by atoms with Crippen LogP contribution in [0.5, 0.6) is 5.75 Å². The van der Waals surface area contributed by atoms with Gasteiger partial charge in [-0.25, -0.2) is 0 Å². The van der Waals surface area contributed by atoms with Crippen molar-refractivity contribution in [3.8, 4) is 5.75 Å². The lowest BCUT2D eigenvalue weighted by Crippen LogP contribution is -2.28. The number of carbonyl (C=O) groups excluding carboxylic acids is 1. The molecule has 23 heavy (non-hydrogen) atoms. The predicted molar refractivity (Wildman–Crippen MR) is 86.9 cm³/mol. The molecule has 0 unspecified atom stereocenters. The van der Waals surface area contributed by atoms with Crippen LogP contribution in [0, 0.1) is 10.1 Å². The molecule has 0 fully saturated rings. The number of nitrogens with zero attached hydrogens (tertiary/aromatic N) is 1. The van der Waals surface area contributed by atoms with Crippen LogP contribution in [0.4, 0.5) is 5.69 Å². The van der Waals surface area contributed by atoms with Crippen LogP contribution in [-0.4, -0.2) is 17.4 Å². The Labute approximate surface area is 142 Å². The van der Waals surface area contributed by atoms with Crippen LogP contribution < -0.4 is 10.1 Å². The standard InChI is InChI=1S/C15H12Cl2N2O4/c16-11-3-6-14(13(17)7-11)23-9-15(20)18-8-10-1-4-12(5-2-10)19(21)22/h1-7H,8-9H2,(H,18,20). The number of halogens is 2. The van der Waals surface area contributed by atoms with Gasteiger partial charge in [0, 0.05) is 23.7 Å². The highest BCUT2D eigenvalue weighted by atomic mass is 35.5. The van der Waals surface area contributed by atoms with Gasteiger partial charge in [-0.05, 0) is 23.8 Å². The lowest BCUT2D eigenvalue weighted by molar-refractivity contribution is -0.384. The molecule has 6 nitrogen and oxygen atoms in total. The molecule has 0 aliphatic rings. The second-order valence-electron chi connectivity index (χ2n) is 4.56. The van der Waals surface area contributed by atoms with E-state index in [-0.39, 0.29) is 24.7 Å². The maximum atomic E-state index is 11.7. The fraction of sp³-hybridized carbons (Fsp3) is 0.133. The molecule has 1 amide bonds.